The number of carbonyl (C=O) groups excluding carboxylic acids is 2. The molecule has 0 aliphatic rings. The summed E-state index contributed by atoms with van der Waals surface area (Å²) in [6.45, 7) is 0.946. The maximum atomic E-state index is 12.5. The summed E-state index contributed by atoms with van der Waals surface area (Å²) < 4.78 is 0.815. The molecule has 0 fully saturated rings. The van der Waals surface area contributed by atoms with Gasteiger partial charge in [-0.05, 0) is 25.1 Å². The molecule has 1 heterocycles. The average molecular weight is 365 g/mol. The molecule has 0 atom stereocenters. The van der Waals surface area contributed by atoms with Gasteiger partial charge in [-0.2, -0.15) is 5.10 Å². The summed E-state index contributed by atoms with van der Waals surface area (Å²) in [4.78, 5) is 47.7. The van der Waals surface area contributed by atoms with E-state index >= 15 is 0 Å². The number of rotatable bonds is 5. The smallest absolute Gasteiger partial charge is 0.357 e. The van der Waals surface area contributed by atoms with Crippen LogP contribution in [-0.2, 0) is 11.3 Å². The largest absolute Gasteiger partial charge is 0.476 e. The number of fused-ring (bicyclic) bond motifs is 1. The van der Waals surface area contributed by atoms with Gasteiger partial charge in [-0.15, -0.1) is 0 Å². The molecule has 8 heteroatoms. The van der Waals surface area contributed by atoms with Crippen LogP contribution in [0.3, 0.4) is 0 Å². The number of aromatic carboxylic acids is 1. The van der Waals surface area contributed by atoms with E-state index in [0.717, 1.165) is 4.68 Å². The van der Waals surface area contributed by atoms with Crippen molar-refractivity contribution in [2.24, 2.45) is 0 Å². The number of nitrogens with zero attached hydrogens (tertiary/aromatic N) is 2. The lowest BCUT2D eigenvalue weighted by Gasteiger charge is -2.10. The maximum absolute atomic E-state index is 12.5. The van der Waals surface area contributed by atoms with Crippen molar-refractivity contribution in [1.82, 2.24) is 9.78 Å². The topological polar surface area (TPSA) is 118 Å². The summed E-state index contributed by atoms with van der Waals surface area (Å²) in [5, 5.41) is 16.1. The van der Waals surface area contributed by atoms with Gasteiger partial charge in [0.2, 0.25) is 5.91 Å². The lowest BCUT2D eigenvalue weighted by Crippen LogP contribution is -2.31. The molecule has 0 aliphatic carbocycles. The zero-order chi connectivity index (χ0) is 19.6. The van der Waals surface area contributed by atoms with Crippen LogP contribution in [0.4, 0.5) is 5.69 Å². The Bertz CT molecular complexity index is 1130. The van der Waals surface area contributed by atoms with Gasteiger partial charge in [0.05, 0.1) is 5.39 Å². The van der Waals surface area contributed by atoms with Gasteiger partial charge in [0.1, 0.15) is 6.54 Å². The van der Waals surface area contributed by atoms with Gasteiger partial charge in [0.15, 0.2) is 11.5 Å². The van der Waals surface area contributed by atoms with E-state index < -0.39 is 24.0 Å². The van der Waals surface area contributed by atoms with Gasteiger partial charge < -0.3 is 10.4 Å². The van der Waals surface area contributed by atoms with Gasteiger partial charge in [0.25, 0.3) is 5.56 Å². The molecule has 27 heavy (non-hydrogen) atoms. The Labute approximate surface area is 153 Å². The highest BCUT2D eigenvalue weighted by Gasteiger charge is 2.17. The zero-order valence-corrected chi connectivity index (χ0v) is 14.3. The molecule has 0 radical (unpaired) electrons. The molecule has 1 amide bonds. The number of ketones is 1. The second kappa shape index (κ2) is 7.20. The number of amides is 1. The Morgan fingerprint density at radius 1 is 1.07 bits per heavy atom. The first-order chi connectivity index (χ1) is 12.9. The standard InChI is InChI=1S/C19H15N3O5/c1-11(23)12-5-4-6-13(9-12)20-16(24)10-22-18(25)15-8-3-2-7-14(15)17(21-22)19(26)27/h2-9H,10H2,1H3,(H,20,24)(H,26,27). The van der Waals surface area contributed by atoms with Gasteiger partial charge in [-0.25, -0.2) is 9.48 Å². The first kappa shape index (κ1) is 18.0. The van der Waals surface area contributed by atoms with Crippen molar-refractivity contribution in [3.63, 3.8) is 0 Å². The Kier molecular flexibility index (Phi) is 4.80. The number of nitrogens with one attached hydrogen (secondary N) is 1. The molecule has 8 nitrogen and oxygen atoms in total. The highest BCUT2D eigenvalue weighted by atomic mass is 16.4. The predicted octanol–water partition coefficient (Wildman–Crippen LogP) is 1.94. The lowest BCUT2D eigenvalue weighted by atomic mass is 10.1. The fourth-order valence-electron chi connectivity index (χ4n) is 2.65. The molecule has 0 saturated carbocycles. The summed E-state index contributed by atoms with van der Waals surface area (Å²) in [5.41, 5.74) is -0.0539. The van der Waals surface area contributed by atoms with Gasteiger partial charge >= 0.3 is 5.97 Å². The highest BCUT2D eigenvalue weighted by Crippen LogP contribution is 2.14. The molecule has 0 aliphatic heterocycles. The van der Waals surface area contributed by atoms with Gasteiger partial charge in [0, 0.05) is 16.6 Å². The van der Waals surface area contributed by atoms with E-state index in [-0.39, 0.29) is 22.2 Å². The molecule has 3 rings (SSSR count). The van der Waals surface area contributed by atoms with Gasteiger partial charge in [-0.3, -0.25) is 14.4 Å². The molecule has 136 valence electrons. The first-order valence-electron chi connectivity index (χ1n) is 8.01. The minimum Gasteiger partial charge on any atom is -0.476 e. The van der Waals surface area contributed by atoms with E-state index in [1.54, 1.807) is 30.3 Å². The highest BCUT2D eigenvalue weighted by molar-refractivity contribution is 6.01. The monoisotopic (exact) mass is 365 g/mol. The Morgan fingerprint density at radius 3 is 2.44 bits per heavy atom. The van der Waals surface area contributed by atoms with E-state index in [9.17, 15) is 24.3 Å². The minimum absolute atomic E-state index is 0.149. The van der Waals surface area contributed by atoms with Crippen LogP contribution < -0.4 is 10.9 Å². The molecule has 3 aromatic rings. The van der Waals surface area contributed by atoms with Crippen molar-refractivity contribution in [2.45, 2.75) is 13.5 Å². The van der Waals surface area contributed by atoms with Crippen LogP contribution in [0, 0.1) is 0 Å². The molecule has 2 N–H and O–H groups in total. The fraction of sp³-hybridized carbons (Fsp3) is 0.105. The number of hydrogen-bond donors (Lipinski definition) is 2. The molecule has 0 bridgehead atoms. The van der Waals surface area contributed by atoms with Crippen molar-refractivity contribution in [2.75, 3.05) is 5.32 Å². The summed E-state index contributed by atoms with van der Waals surface area (Å²) in [5.74, 6) is -2.02. The molecular formula is C19H15N3O5. The van der Waals surface area contributed by atoms with Crippen LogP contribution in [-0.4, -0.2) is 32.5 Å². The predicted molar refractivity (Wildman–Crippen MR) is 98.0 cm³/mol. The molecule has 0 unspecified atom stereocenters. The average Bonchev–Trinajstić information content (AvgIpc) is 2.64. The van der Waals surface area contributed by atoms with Crippen molar-refractivity contribution in [1.29, 1.82) is 0 Å². The molecule has 0 spiro atoms. The van der Waals surface area contributed by atoms with Crippen molar-refractivity contribution in [3.05, 3.63) is 70.1 Å². The summed E-state index contributed by atoms with van der Waals surface area (Å²) in [6, 6.07) is 12.5. The third kappa shape index (κ3) is 3.74. The third-order valence-corrected chi connectivity index (χ3v) is 3.92. The number of carbonyl (C=O) groups is 3. The van der Waals surface area contributed by atoms with E-state index in [0.29, 0.717) is 11.3 Å². The first-order valence-corrected chi connectivity index (χ1v) is 8.01. The van der Waals surface area contributed by atoms with E-state index in [4.69, 9.17) is 0 Å². The number of benzene rings is 2. The van der Waals surface area contributed by atoms with Crippen molar-refractivity contribution < 1.29 is 19.5 Å². The molecule has 0 saturated heterocycles. The molecule has 2 aromatic carbocycles. The van der Waals surface area contributed by atoms with Crippen LogP contribution in [0.25, 0.3) is 10.8 Å². The Balaban J connectivity index is 1.92. The SMILES string of the molecule is CC(=O)c1cccc(NC(=O)Cn2nc(C(=O)O)c3ccccc3c2=O)c1. The van der Waals surface area contributed by atoms with Crippen LogP contribution in [0.5, 0.6) is 0 Å². The third-order valence-electron chi connectivity index (χ3n) is 3.92. The number of aromatic nitrogens is 2. The van der Waals surface area contributed by atoms with Gasteiger partial charge in [-0.1, -0.05) is 30.3 Å². The van der Waals surface area contributed by atoms with E-state index in [1.165, 1.54) is 25.1 Å². The van der Waals surface area contributed by atoms with Crippen LogP contribution in [0.1, 0.15) is 27.8 Å². The fourth-order valence-corrected chi connectivity index (χ4v) is 2.65. The normalized spacial score (nSPS) is 10.6. The Hall–Kier alpha value is -3.81. The number of anilines is 1. The second-order valence-corrected chi connectivity index (χ2v) is 5.85. The van der Waals surface area contributed by atoms with Crippen LogP contribution in [0.15, 0.2) is 53.3 Å². The van der Waals surface area contributed by atoms with Crippen LogP contribution in [0.2, 0.25) is 0 Å². The number of Topliss-reactive ketones (excluding diaryl/α,β-unsaturated/α-hetero) is 1. The van der Waals surface area contributed by atoms with Crippen molar-refractivity contribution in [3.8, 4) is 0 Å². The molecule has 1 aromatic heterocycles. The number of carboxylic acids is 1. The summed E-state index contributed by atoms with van der Waals surface area (Å²) in [6.07, 6.45) is 0. The quantitative estimate of drug-likeness (QED) is 0.667. The van der Waals surface area contributed by atoms with E-state index in [2.05, 4.69) is 10.4 Å². The van der Waals surface area contributed by atoms with Crippen LogP contribution >= 0.6 is 0 Å². The summed E-state index contributed by atoms with van der Waals surface area (Å²) >= 11 is 0. The number of hydrogen-bond acceptors (Lipinski definition) is 5. The van der Waals surface area contributed by atoms with Crippen molar-refractivity contribution >= 4 is 34.1 Å². The summed E-state index contributed by atoms with van der Waals surface area (Å²) in [7, 11) is 0. The zero-order valence-electron chi connectivity index (χ0n) is 14.3. The maximum Gasteiger partial charge on any atom is 0.357 e. The minimum atomic E-state index is -1.30. The van der Waals surface area contributed by atoms with E-state index in [1.807, 2.05) is 0 Å². The number of carboxylic acid groups (broad SMARTS) is 1. The second-order valence-electron chi connectivity index (χ2n) is 5.85. The molecular weight excluding hydrogens is 350 g/mol. The lowest BCUT2D eigenvalue weighted by molar-refractivity contribution is -0.117. The Morgan fingerprint density at radius 2 is 1.78 bits per heavy atom.